The Balaban J connectivity index is 2.15. The monoisotopic (exact) mass is 346 g/mol. The van der Waals surface area contributed by atoms with Crippen LogP contribution in [0.1, 0.15) is 0 Å². The van der Waals surface area contributed by atoms with E-state index in [2.05, 4.69) is 10.3 Å². The highest BCUT2D eigenvalue weighted by Crippen LogP contribution is 2.29. The van der Waals surface area contributed by atoms with Gasteiger partial charge in [0.15, 0.2) is 0 Å². The summed E-state index contributed by atoms with van der Waals surface area (Å²) in [5.74, 6) is 0.408. The van der Waals surface area contributed by atoms with Crippen molar-refractivity contribution in [2.45, 2.75) is 0 Å². The van der Waals surface area contributed by atoms with Crippen LogP contribution in [0.25, 0.3) is 33.1 Å². The SMILES string of the molecule is Cn1c(NCCO)nc2c(-c3ccccc3)nc3ccccc3c2c1=O. The molecule has 0 radical (unpaired) electrons. The summed E-state index contributed by atoms with van der Waals surface area (Å²) in [6, 6.07) is 17.3. The highest BCUT2D eigenvalue weighted by molar-refractivity contribution is 6.09. The van der Waals surface area contributed by atoms with E-state index in [-0.39, 0.29) is 12.2 Å². The van der Waals surface area contributed by atoms with Gasteiger partial charge in [-0.2, -0.15) is 0 Å². The van der Waals surface area contributed by atoms with Gasteiger partial charge in [-0.25, -0.2) is 9.97 Å². The van der Waals surface area contributed by atoms with Crippen molar-refractivity contribution < 1.29 is 5.11 Å². The van der Waals surface area contributed by atoms with Crippen LogP contribution in [0, 0.1) is 0 Å². The summed E-state index contributed by atoms with van der Waals surface area (Å²) in [5, 5.41) is 13.4. The lowest BCUT2D eigenvalue weighted by Gasteiger charge is -2.14. The van der Waals surface area contributed by atoms with Crippen LogP contribution >= 0.6 is 0 Å². The first kappa shape index (κ1) is 16.2. The molecule has 0 aliphatic heterocycles. The van der Waals surface area contributed by atoms with Crippen LogP contribution in [0.15, 0.2) is 59.4 Å². The minimum atomic E-state index is -0.147. The maximum Gasteiger partial charge on any atom is 0.263 e. The molecule has 6 nitrogen and oxygen atoms in total. The van der Waals surface area contributed by atoms with Gasteiger partial charge in [0.05, 0.1) is 23.2 Å². The lowest BCUT2D eigenvalue weighted by molar-refractivity contribution is 0.310. The second-order valence-corrected chi connectivity index (χ2v) is 6.02. The highest BCUT2D eigenvalue weighted by Gasteiger charge is 2.17. The molecular formula is C20H18N4O2. The minimum Gasteiger partial charge on any atom is -0.395 e. The molecule has 4 rings (SSSR count). The van der Waals surface area contributed by atoms with E-state index in [4.69, 9.17) is 10.1 Å². The molecule has 0 spiro atoms. The molecule has 0 aliphatic carbocycles. The lowest BCUT2D eigenvalue weighted by atomic mass is 10.0. The number of hydrogen-bond acceptors (Lipinski definition) is 5. The van der Waals surface area contributed by atoms with Gasteiger partial charge in [0.2, 0.25) is 5.95 Å². The highest BCUT2D eigenvalue weighted by atomic mass is 16.3. The fourth-order valence-corrected chi connectivity index (χ4v) is 3.10. The topological polar surface area (TPSA) is 80.0 Å². The number of aromatic nitrogens is 3. The second-order valence-electron chi connectivity index (χ2n) is 6.02. The van der Waals surface area contributed by atoms with Crippen LogP contribution in [0.4, 0.5) is 5.95 Å². The molecule has 0 fully saturated rings. The third-order valence-corrected chi connectivity index (χ3v) is 4.36. The predicted octanol–water partition coefficient (Wildman–Crippen LogP) is 2.55. The molecule has 26 heavy (non-hydrogen) atoms. The summed E-state index contributed by atoms with van der Waals surface area (Å²) in [5.41, 5.74) is 2.74. The average molecular weight is 346 g/mol. The number of aliphatic hydroxyl groups is 1. The van der Waals surface area contributed by atoms with Gasteiger partial charge in [-0.1, -0.05) is 48.5 Å². The zero-order valence-electron chi connectivity index (χ0n) is 14.3. The van der Waals surface area contributed by atoms with Gasteiger partial charge >= 0.3 is 0 Å². The fraction of sp³-hybridized carbons (Fsp3) is 0.150. The standard InChI is InChI=1S/C20H18N4O2/c1-24-19(26)16-14-9-5-6-10-15(14)22-17(13-7-3-2-4-8-13)18(16)23-20(24)21-11-12-25/h2-10,25H,11-12H2,1H3,(H,21,23). The van der Waals surface area contributed by atoms with Crippen molar-refractivity contribution in [3.05, 3.63) is 65.0 Å². The summed E-state index contributed by atoms with van der Waals surface area (Å²) < 4.78 is 1.47. The molecule has 2 heterocycles. The average Bonchev–Trinajstić information content (AvgIpc) is 2.69. The van der Waals surface area contributed by atoms with Gasteiger partial charge in [-0.3, -0.25) is 9.36 Å². The number of rotatable bonds is 4. The van der Waals surface area contributed by atoms with E-state index in [0.29, 0.717) is 29.1 Å². The molecule has 4 aromatic rings. The Labute approximate surface area is 149 Å². The summed E-state index contributed by atoms with van der Waals surface area (Å²) in [4.78, 5) is 22.6. The Morgan fingerprint density at radius 1 is 1.04 bits per heavy atom. The van der Waals surface area contributed by atoms with Crippen molar-refractivity contribution in [1.82, 2.24) is 14.5 Å². The molecule has 0 saturated carbocycles. The van der Waals surface area contributed by atoms with Gasteiger partial charge in [-0.05, 0) is 6.07 Å². The zero-order valence-corrected chi connectivity index (χ0v) is 14.3. The normalized spacial score (nSPS) is 11.2. The molecule has 6 heteroatoms. The number of pyridine rings is 1. The number of hydrogen-bond donors (Lipinski definition) is 2. The molecule has 2 aromatic heterocycles. The van der Waals surface area contributed by atoms with E-state index in [1.165, 1.54) is 4.57 Å². The first-order chi connectivity index (χ1) is 12.7. The first-order valence-corrected chi connectivity index (χ1v) is 8.40. The van der Waals surface area contributed by atoms with Crippen LogP contribution in [0.3, 0.4) is 0 Å². The Morgan fingerprint density at radius 2 is 1.77 bits per heavy atom. The number of para-hydroxylation sites is 1. The zero-order chi connectivity index (χ0) is 18.1. The maximum absolute atomic E-state index is 13.1. The summed E-state index contributed by atoms with van der Waals surface area (Å²) in [6.07, 6.45) is 0. The first-order valence-electron chi connectivity index (χ1n) is 8.40. The van der Waals surface area contributed by atoms with Gasteiger partial charge in [0.25, 0.3) is 5.56 Å². The Bertz CT molecular complexity index is 1150. The number of nitrogens with one attached hydrogen (secondary N) is 1. The van der Waals surface area contributed by atoms with E-state index in [1.807, 2.05) is 54.6 Å². The molecule has 0 bridgehead atoms. The molecule has 2 N–H and O–H groups in total. The van der Waals surface area contributed by atoms with E-state index in [1.54, 1.807) is 7.05 Å². The van der Waals surface area contributed by atoms with Gasteiger partial charge in [0, 0.05) is 24.5 Å². The Kier molecular flexibility index (Phi) is 4.10. The Morgan fingerprint density at radius 3 is 2.54 bits per heavy atom. The molecular weight excluding hydrogens is 328 g/mol. The third-order valence-electron chi connectivity index (χ3n) is 4.36. The van der Waals surface area contributed by atoms with Crippen LogP contribution in [0.2, 0.25) is 0 Å². The van der Waals surface area contributed by atoms with Gasteiger partial charge in [-0.15, -0.1) is 0 Å². The summed E-state index contributed by atoms with van der Waals surface area (Å²) >= 11 is 0. The van der Waals surface area contributed by atoms with Crippen LogP contribution < -0.4 is 10.9 Å². The van der Waals surface area contributed by atoms with Crippen LogP contribution in [-0.2, 0) is 7.05 Å². The number of nitrogens with zero attached hydrogens (tertiary/aromatic N) is 3. The minimum absolute atomic E-state index is 0.0462. The smallest absolute Gasteiger partial charge is 0.263 e. The molecule has 130 valence electrons. The molecule has 0 aliphatic rings. The van der Waals surface area contributed by atoms with E-state index < -0.39 is 0 Å². The molecule has 0 atom stereocenters. The summed E-state index contributed by atoms with van der Waals surface area (Å²) in [7, 11) is 1.67. The Hall–Kier alpha value is -3.25. The van der Waals surface area contributed by atoms with E-state index >= 15 is 0 Å². The largest absolute Gasteiger partial charge is 0.395 e. The fourth-order valence-electron chi connectivity index (χ4n) is 3.10. The van der Waals surface area contributed by atoms with Gasteiger partial charge in [0.1, 0.15) is 5.52 Å². The van der Waals surface area contributed by atoms with Gasteiger partial charge < -0.3 is 10.4 Å². The number of anilines is 1. The number of benzene rings is 2. The number of fused-ring (bicyclic) bond motifs is 3. The third kappa shape index (κ3) is 2.60. The number of aliphatic hydroxyl groups excluding tert-OH is 1. The van der Waals surface area contributed by atoms with E-state index in [9.17, 15) is 4.79 Å². The predicted molar refractivity (Wildman–Crippen MR) is 103 cm³/mol. The summed E-state index contributed by atoms with van der Waals surface area (Å²) in [6.45, 7) is 0.267. The quantitative estimate of drug-likeness (QED) is 0.555. The second kappa shape index (κ2) is 6.57. The van der Waals surface area contributed by atoms with Crippen LogP contribution in [0.5, 0.6) is 0 Å². The molecule has 0 unspecified atom stereocenters. The lowest BCUT2D eigenvalue weighted by Crippen LogP contribution is -2.24. The van der Waals surface area contributed by atoms with Crippen molar-refractivity contribution in [3.63, 3.8) is 0 Å². The molecule has 0 amide bonds. The van der Waals surface area contributed by atoms with Crippen molar-refractivity contribution in [1.29, 1.82) is 0 Å². The van der Waals surface area contributed by atoms with E-state index in [0.717, 1.165) is 16.5 Å². The van der Waals surface area contributed by atoms with Crippen molar-refractivity contribution >= 4 is 27.8 Å². The molecule has 2 aromatic carbocycles. The van der Waals surface area contributed by atoms with Crippen LogP contribution in [-0.4, -0.2) is 32.8 Å². The van der Waals surface area contributed by atoms with Crippen molar-refractivity contribution in [2.24, 2.45) is 7.05 Å². The maximum atomic E-state index is 13.1. The molecule has 0 saturated heterocycles. The van der Waals surface area contributed by atoms with Crippen molar-refractivity contribution in [2.75, 3.05) is 18.5 Å². The van der Waals surface area contributed by atoms with Crippen molar-refractivity contribution in [3.8, 4) is 11.3 Å².